The first kappa shape index (κ1) is 12.5. The normalized spacial score (nSPS) is 10.4. The van der Waals surface area contributed by atoms with Crippen LogP contribution in [0.25, 0.3) is 11.1 Å². The Kier molecular flexibility index (Phi) is 3.30. The number of aromatic carboxylic acids is 1. The number of hydrogen-bond acceptors (Lipinski definition) is 1. The minimum absolute atomic E-state index is 0.103. The molecule has 0 aliphatic heterocycles. The van der Waals surface area contributed by atoms with Crippen molar-refractivity contribution in [3.05, 3.63) is 58.6 Å². The van der Waals surface area contributed by atoms with E-state index in [2.05, 4.69) is 0 Å². The van der Waals surface area contributed by atoms with Gasteiger partial charge in [0.15, 0.2) is 0 Å². The number of hydrogen-bond donors (Lipinski definition) is 1. The Morgan fingerprint density at radius 3 is 2.39 bits per heavy atom. The molecule has 0 saturated carbocycles. The number of halogens is 3. The quantitative estimate of drug-likeness (QED) is 0.894. The van der Waals surface area contributed by atoms with E-state index in [9.17, 15) is 13.6 Å². The second-order valence-corrected chi connectivity index (χ2v) is 4.07. The summed E-state index contributed by atoms with van der Waals surface area (Å²) >= 11 is 5.62. The maximum absolute atomic E-state index is 13.3. The molecule has 18 heavy (non-hydrogen) atoms. The maximum atomic E-state index is 13.3. The van der Waals surface area contributed by atoms with Crippen LogP contribution >= 0.6 is 11.6 Å². The van der Waals surface area contributed by atoms with Gasteiger partial charge in [0.2, 0.25) is 0 Å². The molecule has 0 atom stereocenters. The summed E-state index contributed by atoms with van der Waals surface area (Å²) in [4.78, 5) is 10.8. The van der Waals surface area contributed by atoms with Gasteiger partial charge in [-0.15, -0.1) is 0 Å². The van der Waals surface area contributed by atoms with Gasteiger partial charge >= 0.3 is 5.97 Å². The van der Waals surface area contributed by atoms with E-state index in [4.69, 9.17) is 16.7 Å². The second kappa shape index (κ2) is 4.74. The predicted molar refractivity (Wildman–Crippen MR) is 63.8 cm³/mol. The molecule has 0 aliphatic carbocycles. The molecule has 0 fully saturated rings. The van der Waals surface area contributed by atoms with Crippen molar-refractivity contribution in [3.63, 3.8) is 0 Å². The van der Waals surface area contributed by atoms with E-state index in [1.54, 1.807) is 0 Å². The molecule has 0 aliphatic rings. The van der Waals surface area contributed by atoms with E-state index in [1.807, 2.05) is 0 Å². The molecule has 0 aromatic heterocycles. The molecule has 92 valence electrons. The topological polar surface area (TPSA) is 37.3 Å². The Labute approximate surface area is 106 Å². The number of carboxylic acid groups (broad SMARTS) is 1. The van der Waals surface area contributed by atoms with Gasteiger partial charge in [0.1, 0.15) is 11.6 Å². The fourth-order valence-electron chi connectivity index (χ4n) is 1.56. The molecule has 0 unspecified atom stereocenters. The van der Waals surface area contributed by atoms with Crippen LogP contribution in [-0.2, 0) is 0 Å². The Balaban J connectivity index is 2.56. The second-order valence-electron chi connectivity index (χ2n) is 3.66. The van der Waals surface area contributed by atoms with Gasteiger partial charge in [0, 0.05) is 0 Å². The molecule has 0 bridgehead atoms. The fourth-order valence-corrected chi connectivity index (χ4v) is 1.74. The minimum atomic E-state index is -1.23. The van der Waals surface area contributed by atoms with Crippen LogP contribution in [0, 0.1) is 11.6 Å². The smallest absolute Gasteiger partial charge is 0.335 e. The zero-order chi connectivity index (χ0) is 13.3. The van der Waals surface area contributed by atoms with Crippen LogP contribution in [0.4, 0.5) is 8.78 Å². The largest absolute Gasteiger partial charge is 0.478 e. The predicted octanol–water partition coefficient (Wildman–Crippen LogP) is 3.98. The van der Waals surface area contributed by atoms with Gasteiger partial charge in [-0.1, -0.05) is 17.7 Å². The van der Waals surface area contributed by atoms with Crippen molar-refractivity contribution in [2.45, 2.75) is 0 Å². The van der Waals surface area contributed by atoms with Crippen LogP contribution in [0.5, 0.6) is 0 Å². The highest BCUT2D eigenvalue weighted by Crippen LogP contribution is 2.26. The van der Waals surface area contributed by atoms with Crippen molar-refractivity contribution in [1.29, 1.82) is 0 Å². The van der Waals surface area contributed by atoms with Gasteiger partial charge < -0.3 is 5.11 Å². The molecule has 1 N–H and O–H groups in total. The Morgan fingerprint density at radius 1 is 1.06 bits per heavy atom. The lowest BCUT2D eigenvalue weighted by atomic mass is 10.0. The summed E-state index contributed by atoms with van der Waals surface area (Å²) in [5, 5.41) is 8.72. The van der Waals surface area contributed by atoms with Gasteiger partial charge in [-0.05, 0) is 41.5 Å². The summed E-state index contributed by atoms with van der Waals surface area (Å²) in [5.41, 5.74) is 0.600. The lowest BCUT2D eigenvalue weighted by Crippen LogP contribution is -1.97. The van der Waals surface area contributed by atoms with Crippen molar-refractivity contribution in [2.24, 2.45) is 0 Å². The molecule has 2 aromatic rings. The van der Waals surface area contributed by atoms with Crippen LogP contribution in [0.3, 0.4) is 0 Å². The summed E-state index contributed by atoms with van der Waals surface area (Å²) in [6.07, 6.45) is 0. The van der Waals surface area contributed by atoms with Crippen molar-refractivity contribution < 1.29 is 18.7 Å². The van der Waals surface area contributed by atoms with Crippen LogP contribution in [-0.4, -0.2) is 11.1 Å². The number of carbonyl (C=O) groups is 1. The SMILES string of the molecule is O=C(O)c1cc(F)cc(-c2ccc(F)c(Cl)c2)c1. The van der Waals surface area contributed by atoms with Crippen molar-refractivity contribution in [3.8, 4) is 11.1 Å². The lowest BCUT2D eigenvalue weighted by molar-refractivity contribution is 0.0696. The standard InChI is InChI=1S/C13H7ClF2O2/c14-11-6-7(1-2-12(11)16)8-3-9(13(17)18)5-10(15)4-8/h1-6H,(H,17,18). The van der Waals surface area contributed by atoms with Gasteiger partial charge in [-0.2, -0.15) is 0 Å². The third-order valence-corrected chi connectivity index (χ3v) is 2.69. The van der Waals surface area contributed by atoms with Crippen LogP contribution < -0.4 is 0 Å². The van der Waals surface area contributed by atoms with Crippen LogP contribution in [0.15, 0.2) is 36.4 Å². The highest BCUT2D eigenvalue weighted by atomic mass is 35.5. The first-order chi connectivity index (χ1) is 8.47. The van der Waals surface area contributed by atoms with E-state index >= 15 is 0 Å². The Morgan fingerprint density at radius 2 is 1.78 bits per heavy atom. The third kappa shape index (κ3) is 2.49. The number of rotatable bonds is 2. The van der Waals surface area contributed by atoms with Gasteiger partial charge in [0.05, 0.1) is 10.6 Å². The zero-order valence-corrected chi connectivity index (χ0v) is 9.71. The van der Waals surface area contributed by atoms with Crippen molar-refractivity contribution in [1.82, 2.24) is 0 Å². The average Bonchev–Trinajstić information content (AvgIpc) is 2.31. The maximum Gasteiger partial charge on any atom is 0.335 e. The van der Waals surface area contributed by atoms with Crippen LogP contribution in [0.1, 0.15) is 10.4 Å². The molecular formula is C13H7ClF2O2. The highest BCUT2D eigenvalue weighted by molar-refractivity contribution is 6.31. The minimum Gasteiger partial charge on any atom is -0.478 e. The van der Waals surface area contributed by atoms with E-state index in [0.29, 0.717) is 11.1 Å². The molecule has 0 amide bonds. The monoisotopic (exact) mass is 268 g/mol. The molecule has 5 heteroatoms. The number of carboxylic acids is 1. The van der Waals surface area contributed by atoms with E-state index in [1.165, 1.54) is 18.2 Å². The lowest BCUT2D eigenvalue weighted by Gasteiger charge is -2.05. The fraction of sp³-hybridized carbons (Fsp3) is 0. The van der Waals surface area contributed by atoms with E-state index < -0.39 is 17.6 Å². The molecule has 0 radical (unpaired) electrons. The first-order valence-electron chi connectivity index (χ1n) is 4.96. The summed E-state index contributed by atoms with van der Waals surface area (Å²) in [6, 6.07) is 7.24. The van der Waals surface area contributed by atoms with E-state index in [0.717, 1.165) is 18.2 Å². The molecule has 2 rings (SSSR count). The molecule has 2 nitrogen and oxygen atoms in total. The zero-order valence-electron chi connectivity index (χ0n) is 8.95. The summed E-state index contributed by atoms with van der Waals surface area (Å²) in [5.74, 6) is -2.50. The Hall–Kier alpha value is -1.94. The van der Waals surface area contributed by atoms with Gasteiger partial charge in [0.25, 0.3) is 0 Å². The van der Waals surface area contributed by atoms with Crippen molar-refractivity contribution in [2.75, 3.05) is 0 Å². The summed E-state index contributed by atoms with van der Waals surface area (Å²) in [7, 11) is 0. The molecule has 2 aromatic carbocycles. The average molecular weight is 269 g/mol. The van der Waals surface area contributed by atoms with Crippen LogP contribution in [0.2, 0.25) is 5.02 Å². The highest BCUT2D eigenvalue weighted by Gasteiger charge is 2.09. The first-order valence-corrected chi connectivity index (χ1v) is 5.34. The molecule has 0 spiro atoms. The molecule has 0 saturated heterocycles. The molecule has 0 heterocycles. The summed E-state index contributed by atoms with van der Waals surface area (Å²) < 4.78 is 26.3. The Bertz CT molecular complexity index is 626. The number of benzene rings is 2. The van der Waals surface area contributed by atoms with E-state index in [-0.39, 0.29) is 10.6 Å². The van der Waals surface area contributed by atoms with Crippen molar-refractivity contribution >= 4 is 17.6 Å². The van der Waals surface area contributed by atoms with Gasteiger partial charge in [-0.25, -0.2) is 13.6 Å². The molecular weight excluding hydrogens is 262 g/mol. The third-order valence-electron chi connectivity index (χ3n) is 2.40. The van der Waals surface area contributed by atoms with Gasteiger partial charge in [-0.3, -0.25) is 0 Å². The summed E-state index contributed by atoms with van der Waals surface area (Å²) in [6.45, 7) is 0.